The molecule has 19 heavy (non-hydrogen) atoms. The third-order valence-electron chi connectivity index (χ3n) is 4.24. The zero-order valence-electron chi connectivity index (χ0n) is 11.5. The van der Waals surface area contributed by atoms with Gasteiger partial charge in [0.05, 0.1) is 11.3 Å². The zero-order chi connectivity index (χ0) is 13.8. The summed E-state index contributed by atoms with van der Waals surface area (Å²) >= 11 is 0. The van der Waals surface area contributed by atoms with Gasteiger partial charge in [0.2, 0.25) is 0 Å². The number of hydrogen-bond donors (Lipinski definition) is 3. The molecule has 0 bridgehead atoms. The lowest BCUT2D eigenvalue weighted by Gasteiger charge is -2.34. The highest BCUT2D eigenvalue weighted by Crippen LogP contribution is 2.29. The minimum Gasteiger partial charge on any atom is -0.349 e. The normalized spacial score (nSPS) is 26.8. The van der Waals surface area contributed by atoms with Crippen LogP contribution in [0.15, 0.2) is 18.5 Å². The quantitative estimate of drug-likeness (QED) is 0.574. The molecule has 3 atom stereocenters. The fourth-order valence-electron chi connectivity index (χ4n) is 2.73. The van der Waals surface area contributed by atoms with Crippen LogP contribution in [0, 0.1) is 11.8 Å². The second-order valence-electron chi connectivity index (χ2n) is 5.41. The van der Waals surface area contributed by atoms with Crippen molar-refractivity contribution < 1.29 is 4.79 Å². The van der Waals surface area contributed by atoms with E-state index in [4.69, 9.17) is 5.84 Å². The van der Waals surface area contributed by atoms with Crippen LogP contribution >= 0.6 is 0 Å². The number of amides is 1. The molecule has 1 aliphatic carbocycles. The number of nitrogen functional groups attached to an aromatic ring is 1. The van der Waals surface area contributed by atoms with E-state index in [0.29, 0.717) is 23.1 Å². The number of hydrazine groups is 1. The summed E-state index contributed by atoms with van der Waals surface area (Å²) in [6.07, 6.45) is 6.61. The molecule has 0 aliphatic heterocycles. The number of pyridine rings is 1. The number of nitrogens with zero attached hydrogens (tertiary/aromatic N) is 1. The molecule has 1 heterocycles. The van der Waals surface area contributed by atoms with E-state index >= 15 is 0 Å². The molecule has 0 saturated heterocycles. The lowest BCUT2D eigenvalue weighted by Crippen LogP contribution is -2.43. The number of anilines is 1. The van der Waals surface area contributed by atoms with E-state index in [9.17, 15) is 4.79 Å². The third-order valence-corrected chi connectivity index (χ3v) is 4.24. The minimum atomic E-state index is -0.105. The van der Waals surface area contributed by atoms with Crippen LogP contribution in [0.25, 0.3) is 0 Å². The summed E-state index contributed by atoms with van der Waals surface area (Å²) in [6, 6.07) is 1.93. The highest BCUT2D eigenvalue weighted by atomic mass is 16.1. The molecule has 5 heteroatoms. The van der Waals surface area contributed by atoms with Crippen LogP contribution in [0.3, 0.4) is 0 Å². The molecular formula is C14H22N4O. The maximum absolute atomic E-state index is 12.3. The van der Waals surface area contributed by atoms with Gasteiger partial charge in [0.1, 0.15) is 0 Å². The van der Waals surface area contributed by atoms with Crippen LogP contribution in [-0.4, -0.2) is 16.9 Å². The molecule has 104 valence electrons. The third kappa shape index (κ3) is 3.04. The van der Waals surface area contributed by atoms with Crippen LogP contribution in [0.5, 0.6) is 0 Å². The second kappa shape index (κ2) is 6.02. The van der Waals surface area contributed by atoms with Crippen molar-refractivity contribution in [2.24, 2.45) is 17.7 Å². The first-order valence-corrected chi connectivity index (χ1v) is 6.85. The van der Waals surface area contributed by atoms with Crippen LogP contribution in [0.4, 0.5) is 5.69 Å². The Hall–Kier alpha value is -1.62. The first kappa shape index (κ1) is 13.8. The zero-order valence-corrected chi connectivity index (χ0v) is 11.5. The first-order chi connectivity index (χ1) is 9.13. The Labute approximate surface area is 114 Å². The van der Waals surface area contributed by atoms with Gasteiger partial charge in [0.15, 0.2) is 0 Å². The Kier molecular flexibility index (Phi) is 4.37. The van der Waals surface area contributed by atoms with Crippen LogP contribution in [-0.2, 0) is 0 Å². The van der Waals surface area contributed by atoms with E-state index in [1.54, 1.807) is 18.5 Å². The summed E-state index contributed by atoms with van der Waals surface area (Å²) in [7, 11) is 0. The topological polar surface area (TPSA) is 80.0 Å². The monoisotopic (exact) mass is 262 g/mol. The predicted molar refractivity (Wildman–Crippen MR) is 75.5 cm³/mol. The van der Waals surface area contributed by atoms with Gasteiger partial charge in [0.25, 0.3) is 5.91 Å². The number of carbonyl (C=O) groups excluding carboxylic acids is 1. The smallest absolute Gasteiger partial charge is 0.255 e. The van der Waals surface area contributed by atoms with Gasteiger partial charge in [0, 0.05) is 18.4 Å². The predicted octanol–water partition coefficient (Wildman–Crippen LogP) is 1.92. The fourth-order valence-corrected chi connectivity index (χ4v) is 2.73. The van der Waals surface area contributed by atoms with Crippen molar-refractivity contribution in [3.63, 3.8) is 0 Å². The molecular weight excluding hydrogens is 240 g/mol. The van der Waals surface area contributed by atoms with Crippen molar-refractivity contribution in [3.8, 4) is 0 Å². The molecule has 5 nitrogen and oxygen atoms in total. The summed E-state index contributed by atoms with van der Waals surface area (Å²) in [6.45, 7) is 4.46. The Morgan fingerprint density at radius 3 is 2.95 bits per heavy atom. The molecule has 1 fully saturated rings. The first-order valence-electron chi connectivity index (χ1n) is 6.85. The van der Waals surface area contributed by atoms with Gasteiger partial charge in [-0.25, -0.2) is 0 Å². The Morgan fingerprint density at radius 2 is 2.21 bits per heavy atom. The Morgan fingerprint density at radius 1 is 1.42 bits per heavy atom. The van der Waals surface area contributed by atoms with Crippen LogP contribution < -0.4 is 16.6 Å². The average Bonchev–Trinajstić information content (AvgIpc) is 2.43. The number of rotatable bonds is 3. The summed E-state index contributed by atoms with van der Waals surface area (Å²) < 4.78 is 0. The van der Waals surface area contributed by atoms with E-state index in [1.165, 1.54) is 12.8 Å². The maximum Gasteiger partial charge on any atom is 0.255 e. The van der Waals surface area contributed by atoms with Gasteiger partial charge in [-0.3, -0.25) is 15.6 Å². The molecule has 1 amide bonds. The SMILES string of the molecule is CC1CCCC(NC(=O)c2cnccc2NN)C1C. The summed E-state index contributed by atoms with van der Waals surface area (Å²) in [4.78, 5) is 16.3. The molecule has 0 aromatic carbocycles. The molecule has 1 aromatic heterocycles. The fraction of sp³-hybridized carbons (Fsp3) is 0.571. The summed E-state index contributed by atoms with van der Waals surface area (Å²) in [5.74, 6) is 6.46. The van der Waals surface area contributed by atoms with Crippen molar-refractivity contribution in [1.29, 1.82) is 0 Å². The van der Waals surface area contributed by atoms with Crippen molar-refractivity contribution in [2.75, 3.05) is 5.43 Å². The van der Waals surface area contributed by atoms with E-state index in [0.717, 1.165) is 6.42 Å². The largest absolute Gasteiger partial charge is 0.349 e. The van der Waals surface area contributed by atoms with E-state index in [1.807, 2.05) is 0 Å². The molecule has 1 aliphatic rings. The van der Waals surface area contributed by atoms with E-state index < -0.39 is 0 Å². The van der Waals surface area contributed by atoms with E-state index in [2.05, 4.69) is 29.6 Å². The molecule has 3 unspecified atom stereocenters. The minimum absolute atomic E-state index is 0.105. The van der Waals surface area contributed by atoms with Gasteiger partial charge >= 0.3 is 0 Å². The Bertz CT molecular complexity index is 449. The van der Waals surface area contributed by atoms with Crippen molar-refractivity contribution in [3.05, 3.63) is 24.0 Å². The van der Waals surface area contributed by atoms with Gasteiger partial charge < -0.3 is 10.7 Å². The Balaban J connectivity index is 2.08. The summed E-state index contributed by atoms with van der Waals surface area (Å²) in [5.41, 5.74) is 3.63. The van der Waals surface area contributed by atoms with Crippen molar-refractivity contribution in [1.82, 2.24) is 10.3 Å². The molecule has 0 spiro atoms. The number of aromatic nitrogens is 1. The van der Waals surface area contributed by atoms with Gasteiger partial charge in [-0.05, 0) is 24.3 Å². The van der Waals surface area contributed by atoms with E-state index in [-0.39, 0.29) is 11.9 Å². The lowest BCUT2D eigenvalue weighted by atomic mass is 9.78. The molecule has 0 radical (unpaired) electrons. The highest BCUT2D eigenvalue weighted by molar-refractivity contribution is 5.99. The van der Waals surface area contributed by atoms with Gasteiger partial charge in [-0.15, -0.1) is 0 Å². The average molecular weight is 262 g/mol. The van der Waals surface area contributed by atoms with Crippen LogP contribution in [0.2, 0.25) is 0 Å². The number of hydrogen-bond acceptors (Lipinski definition) is 4. The van der Waals surface area contributed by atoms with Gasteiger partial charge in [-0.1, -0.05) is 26.7 Å². The van der Waals surface area contributed by atoms with Crippen molar-refractivity contribution in [2.45, 2.75) is 39.2 Å². The molecule has 4 N–H and O–H groups in total. The molecule has 1 saturated carbocycles. The standard InChI is InChI=1S/C14H22N4O/c1-9-4-3-5-12(10(9)2)17-14(19)11-8-16-7-6-13(11)18-15/h6-10,12H,3-5,15H2,1-2H3,(H,16,18)(H,17,19). The second-order valence-corrected chi connectivity index (χ2v) is 5.41. The molecule has 1 aromatic rings. The number of nitrogens with one attached hydrogen (secondary N) is 2. The number of carbonyl (C=O) groups is 1. The van der Waals surface area contributed by atoms with Crippen molar-refractivity contribution >= 4 is 11.6 Å². The molecule has 2 rings (SSSR count). The van der Waals surface area contributed by atoms with Gasteiger partial charge in [-0.2, -0.15) is 0 Å². The highest BCUT2D eigenvalue weighted by Gasteiger charge is 2.28. The van der Waals surface area contributed by atoms with Crippen LogP contribution in [0.1, 0.15) is 43.5 Å². The summed E-state index contributed by atoms with van der Waals surface area (Å²) in [5, 5.41) is 3.12. The lowest BCUT2D eigenvalue weighted by molar-refractivity contribution is 0.0891. The number of nitrogens with two attached hydrogens (primary N) is 1. The maximum atomic E-state index is 12.3.